The van der Waals surface area contributed by atoms with Crippen LogP contribution >= 0.6 is 0 Å². The number of nitrogens with one attached hydrogen (secondary N) is 3. The van der Waals surface area contributed by atoms with Crippen molar-refractivity contribution < 1.29 is 23.8 Å². The van der Waals surface area contributed by atoms with E-state index in [9.17, 15) is 19.1 Å². The first kappa shape index (κ1) is 27.5. The Kier molecular flexibility index (Phi) is 7.71. The Hall–Kier alpha value is -4.05. The molecule has 0 unspecified atom stereocenters. The summed E-state index contributed by atoms with van der Waals surface area (Å²) in [5.74, 6) is 0.138. The molecule has 3 amide bonds. The van der Waals surface area contributed by atoms with Crippen LogP contribution < -0.4 is 20.7 Å². The number of aryl methyl sites for hydroxylation is 1. The van der Waals surface area contributed by atoms with Gasteiger partial charge in [-0.1, -0.05) is 13.8 Å². The van der Waals surface area contributed by atoms with E-state index in [0.29, 0.717) is 33.8 Å². The maximum absolute atomic E-state index is 14.9. The van der Waals surface area contributed by atoms with Crippen molar-refractivity contribution in [2.45, 2.75) is 52.5 Å². The standard InChI is InChI=1S/C30H34FN5O4/c1-17-10-23(31)25(35-29(39)33-21-15-30(2,3)16-21)14-22(17)20-11-24(34-27(13-20)40-9-8-37)19-6-7-32-26(12-19)36-28(38)18-4-5-18/h6-7,10-14,18,21,37H,4-5,8-9,15-16H2,1-3H3,(H,32,36,38)(H2,33,35,39). The highest BCUT2D eigenvalue weighted by Crippen LogP contribution is 2.40. The molecule has 2 aromatic heterocycles. The van der Waals surface area contributed by atoms with Crippen molar-refractivity contribution in [3.05, 3.63) is 54.0 Å². The maximum atomic E-state index is 14.9. The van der Waals surface area contributed by atoms with Crippen LogP contribution in [0.5, 0.6) is 5.88 Å². The zero-order chi connectivity index (χ0) is 28.4. The largest absolute Gasteiger partial charge is 0.475 e. The molecule has 3 aromatic rings. The first-order chi connectivity index (χ1) is 19.1. The molecule has 2 saturated carbocycles. The van der Waals surface area contributed by atoms with Gasteiger partial charge in [0.05, 0.1) is 18.0 Å². The zero-order valence-corrected chi connectivity index (χ0v) is 22.9. The molecular weight excluding hydrogens is 513 g/mol. The second-order valence-corrected chi connectivity index (χ2v) is 11.4. The lowest BCUT2D eigenvalue weighted by Gasteiger charge is -2.42. The molecule has 9 nitrogen and oxygen atoms in total. The van der Waals surface area contributed by atoms with Gasteiger partial charge in [-0.2, -0.15) is 0 Å². The van der Waals surface area contributed by atoms with Gasteiger partial charge in [0, 0.05) is 29.8 Å². The molecule has 10 heteroatoms. The van der Waals surface area contributed by atoms with Crippen LogP contribution in [-0.2, 0) is 4.79 Å². The lowest BCUT2D eigenvalue weighted by Crippen LogP contribution is -2.49. The van der Waals surface area contributed by atoms with Crippen molar-refractivity contribution in [3.8, 4) is 28.3 Å². The van der Waals surface area contributed by atoms with Crippen molar-refractivity contribution in [2.75, 3.05) is 23.8 Å². The number of rotatable bonds is 9. The number of carbonyl (C=O) groups is 2. The van der Waals surface area contributed by atoms with Crippen LogP contribution in [0.2, 0.25) is 0 Å². The number of aliphatic hydroxyl groups is 1. The Balaban J connectivity index is 1.44. The maximum Gasteiger partial charge on any atom is 0.319 e. The van der Waals surface area contributed by atoms with E-state index in [2.05, 4.69) is 39.8 Å². The number of aromatic nitrogens is 2. The minimum absolute atomic E-state index is 0.0392. The van der Waals surface area contributed by atoms with Gasteiger partial charge < -0.3 is 25.8 Å². The van der Waals surface area contributed by atoms with E-state index >= 15 is 0 Å². The molecule has 0 spiro atoms. The van der Waals surface area contributed by atoms with Gasteiger partial charge in [0.2, 0.25) is 11.8 Å². The average Bonchev–Trinajstić information content (AvgIpc) is 3.74. The first-order valence-electron chi connectivity index (χ1n) is 13.5. The summed E-state index contributed by atoms with van der Waals surface area (Å²) in [7, 11) is 0. The predicted octanol–water partition coefficient (Wildman–Crippen LogP) is 5.29. The smallest absolute Gasteiger partial charge is 0.319 e. The van der Waals surface area contributed by atoms with Crippen LogP contribution in [0.15, 0.2) is 42.6 Å². The topological polar surface area (TPSA) is 125 Å². The molecule has 0 bridgehead atoms. The highest BCUT2D eigenvalue weighted by atomic mass is 19.1. The van der Waals surface area contributed by atoms with Crippen LogP contribution in [0, 0.1) is 24.1 Å². The predicted molar refractivity (Wildman–Crippen MR) is 150 cm³/mol. The van der Waals surface area contributed by atoms with Gasteiger partial charge in [-0.3, -0.25) is 4.79 Å². The van der Waals surface area contributed by atoms with Crippen LogP contribution in [-0.4, -0.2) is 46.3 Å². The van der Waals surface area contributed by atoms with Gasteiger partial charge in [0.25, 0.3) is 0 Å². The lowest BCUT2D eigenvalue weighted by atomic mass is 9.68. The Morgan fingerprint density at radius 3 is 2.58 bits per heavy atom. The molecule has 0 radical (unpaired) electrons. The SMILES string of the molecule is Cc1cc(F)c(NC(=O)NC2CC(C)(C)C2)cc1-c1cc(OCCO)nc(-c2ccnc(NC(=O)C3CC3)c2)c1. The van der Waals surface area contributed by atoms with Crippen molar-refractivity contribution in [2.24, 2.45) is 11.3 Å². The Morgan fingerprint density at radius 2 is 1.88 bits per heavy atom. The summed E-state index contributed by atoms with van der Waals surface area (Å²) < 4.78 is 20.6. The number of anilines is 2. The molecule has 2 aliphatic carbocycles. The lowest BCUT2D eigenvalue weighted by molar-refractivity contribution is -0.117. The molecule has 2 heterocycles. The second kappa shape index (κ2) is 11.2. The van der Waals surface area contributed by atoms with E-state index in [0.717, 1.165) is 25.7 Å². The third kappa shape index (κ3) is 6.56. The van der Waals surface area contributed by atoms with Gasteiger partial charge in [-0.25, -0.2) is 19.2 Å². The monoisotopic (exact) mass is 547 g/mol. The van der Waals surface area contributed by atoms with Crippen molar-refractivity contribution >= 4 is 23.4 Å². The summed E-state index contributed by atoms with van der Waals surface area (Å²) in [6.45, 7) is 5.93. The Morgan fingerprint density at radius 1 is 1.10 bits per heavy atom. The molecule has 1 aromatic carbocycles. The molecule has 0 atom stereocenters. The van der Waals surface area contributed by atoms with E-state index in [1.807, 2.05) is 6.07 Å². The highest BCUT2D eigenvalue weighted by molar-refractivity contribution is 5.94. The second-order valence-electron chi connectivity index (χ2n) is 11.4. The van der Waals surface area contributed by atoms with E-state index in [4.69, 9.17) is 4.74 Å². The summed E-state index contributed by atoms with van der Waals surface area (Å²) in [5, 5.41) is 17.7. The Labute approximate surface area is 232 Å². The molecule has 210 valence electrons. The van der Waals surface area contributed by atoms with Crippen molar-refractivity contribution in [1.82, 2.24) is 15.3 Å². The Bertz CT molecular complexity index is 1430. The number of ether oxygens (including phenoxy) is 1. The summed E-state index contributed by atoms with van der Waals surface area (Å²) in [6, 6.07) is 9.63. The number of hydrogen-bond donors (Lipinski definition) is 4. The van der Waals surface area contributed by atoms with Gasteiger partial charge in [0.15, 0.2) is 0 Å². The molecule has 2 aliphatic rings. The molecule has 0 aliphatic heterocycles. The third-order valence-electron chi connectivity index (χ3n) is 7.20. The average molecular weight is 548 g/mol. The zero-order valence-electron chi connectivity index (χ0n) is 22.9. The van der Waals surface area contributed by atoms with Crippen molar-refractivity contribution in [3.63, 3.8) is 0 Å². The third-order valence-corrected chi connectivity index (χ3v) is 7.20. The van der Waals surface area contributed by atoms with Crippen molar-refractivity contribution in [1.29, 1.82) is 0 Å². The number of pyridine rings is 2. The molecule has 0 saturated heterocycles. The van der Waals surface area contributed by atoms with Crippen LogP contribution in [0.4, 0.5) is 20.7 Å². The van der Waals surface area contributed by atoms with E-state index in [1.165, 1.54) is 6.07 Å². The van der Waals surface area contributed by atoms with Gasteiger partial charge in [-0.15, -0.1) is 0 Å². The number of halogens is 1. The molecule has 2 fully saturated rings. The van der Waals surface area contributed by atoms with Crippen LogP contribution in [0.3, 0.4) is 0 Å². The van der Waals surface area contributed by atoms with Gasteiger partial charge in [0.1, 0.15) is 18.2 Å². The number of benzene rings is 1. The van der Waals surface area contributed by atoms with Gasteiger partial charge >= 0.3 is 6.03 Å². The molecular formula is C30H34FN5O4. The number of aliphatic hydroxyl groups excluding tert-OH is 1. The fourth-order valence-corrected chi connectivity index (χ4v) is 5.06. The fraction of sp³-hybridized carbons (Fsp3) is 0.400. The van der Waals surface area contributed by atoms with E-state index in [1.54, 1.807) is 37.4 Å². The number of urea groups is 1. The minimum Gasteiger partial charge on any atom is -0.475 e. The first-order valence-corrected chi connectivity index (χ1v) is 13.5. The highest BCUT2D eigenvalue weighted by Gasteiger charge is 2.36. The minimum atomic E-state index is -0.540. The van der Waals surface area contributed by atoms with E-state index in [-0.39, 0.29) is 48.1 Å². The molecule has 4 N–H and O–H groups in total. The summed E-state index contributed by atoms with van der Waals surface area (Å²) in [6.07, 6.45) is 5.11. The summed E-state index contributed by atoms with van der Waals surface area (Å²) >= 11 is 0. The van der Waals surface area contributed by atoms with E-state index < -0.39 is 11.8 Å². The fourth-order valence-electron chi connectivity index (χ4n) is 5.06. The number of amides is 3. The number of carbonyl (C=O) groups excluding carboxylic acids is 2. The summed E-state index contributed by atoms with van der Waals surface area (Å²) in [5.41, 5.74) is 3.50. The number of hydrogen-bond acceptors (Lipinski definition) is 6. The molecule has 40 heavy (non-hydrogen) atoms. The summed E-state index contributed by atoms with van der Waals surface area (Å²) in [4.78, 5) is 33.7. The van der Waals surface area contributed by atoms with Gasteiger partial charge in [-0.05, 0) is 85.0 Å². The van der Waals surface area contributed by atoms with Crippen LogP contribution in [0.1, 0.15) is 45.1 Å². The quantitative estimate of drug-likeness (QED) is 0.289. The number of nitrogens with zero attached hydrogens (tertiary/aromatic N) is 2. The van der Waals surface area contributed by atoms with Crippen LogP contribution in [0.25, 0.3) is 22.4 Å². The normalized spacial score (nSPS) is 16.1. The molecule has 5 rings (SSSR count).